The molecule has 0 aromatic rings. The Bertz CT molecular complexity index is 212. The fraction of sp³-hybridized carbons (Fsp3) is 0.909. The Morgan fingerprint density at radius 1 is 1.50 bits per heavy atom. The van der Waals surface area contributed by atoms with Gasteiger partial charge in [-0.05, 0) is 36.9 Å². The molecule has 0 aromatic heterocycles. The van der Waals surface area contributed by atoms with Crippen molar-refractivity contribution in [3.8, 4) is 0 Å². The van der Waals surface area contributed by atoms with Crippen molar-refractivity contribution in [1.82, 2.24) is 0 Å². The van der Waals surface area contributed by atoms with E-state index in [1.54, 1.807) is 11.8 Å². The Morgan fingerprint density at radius 3 is 2.50 bits per heavy atom. The van der Waals surface area contributed by atoms with Gasteiger partial charge in [0.1, 0.15) is 4.75 Å². The lowest BCUT2D eigenvalue weighted by atomic mass is 9.85. The third-order valence-corrected chi connectivity index (χ3v) is 4.40. The second-order valence-corrected chi connectivity index (χ2v) is 6.79. The summed E-state index contributed by atoms with van der Waals surface area (Å²) in [5.41, 5.74) is 0.242. The zero-order valence-corrected chi connectivity index (χ0v) is 10.1. The van der Waals surface area contributed by atoms with Crippen molar-refractivity contribution in [2.24, 2.45) is 5.41 Å². The minimum Gasteiger partial charge on any atom is -0.480 e. The fourth-order valence-corrected chi connectivity index (χ4v) is 3.09. The van der Waals surface area contributed by atoms with Gasteiger partial charge in [0, 0.05) is 0 Å². The molecule has 1 aliphatic heterocycles. The zero-order valence-electron chi connectivity index (χ0n) is 9.30. The second kappa shape index (κ2) is 4.13. The number of rotatable bonds is 3. The number of hydrogen-bond donors (Lipinski definition) is 1. The lowest BCUT2D eigenvalue weighted by molar-refractivity contribution is -0.140. The van der Waals surface area contributed by atoms with Crippen LogP contribution in [0.3, 0.4) is 0 Å². The van der Waals surface area contributed by atoms with Crippen LogP contribution >= 0.6 is 11.8 Å². The first kappa shape index (κ1) is 11.9. The Hall–Kier alpha value is -0.180. The van der Waals surface area contributed by atoms with Crippen molar-refractivity contribution < 1.29 is 9.90 Å². The summed E-state index contributed by atoms with van der Waals surface area (Å²) in [6.45, 7) is 6.51. The van der Waals surface area contributed by atoms with Gasteiger partial charge in [-0.1, -0.05) is 20.8 Å². The number of aliphatic carboxylic acids is 1. The summed E-state index contributed by atoms with van der Waals surface area (Å²) in [7, 11) is 0. The van der Waals surface area contributed by atoms with Crippen molar-refractivity contribution in [1.29, 1.82) is 0 Å². The van der Waals surface area contributed by atoms with Crippen LogP contribution in [0, 0.1) is 5.41 Å². The van der Waals surface area contributed by atoms with Gasteiger partial charge >= 0.3 is 5.97 Å². The van der Waals surface area contributed by atoms with Crippen molar-refractivity contribution in [3.63, 3.8) is 0 Å². The largest absolute Gasteiger partial charge is 0.480 e. The Labute approximate surface area is 90.5 Å². The average Bonchev–Trinajstić information content (AvgIpc) is 2.48. The lowest BCUT2D eigenvalue weighted by Crippen LogP contribution is -2.33. The van der Waals surface area contributed by atoms with Gasteiger partial charge in [-0.3, -0.25) is 4.79 Å². The van der Waals surface area contributed by atoms with E-state index in [1.807, 2.05) is 0 Å². The van der Waals surface area contributed by atoms with Crippen LogP contribution < -0.4 is 0 Å². The highest BCUT2D eigenvalue weighted by molar-refractivity contribution is 8.01. The first-order chi connectivity index (χ1) is 6.36. The molecule has 1 N–H and O–H groups in total. The van der Waals surface area contributed by atoms with Crippen LogP contribution in [0.25, 0.3) is 0 Å². The highest BCUT2D eigenvalue weighted by Crippen LogP contribution is 2.43. The monoisotopic (exact) mass is 216 g/mol. The molecule has 1 atom stereocenters. The van der Waals surface area contributed by atoms with Gasteiger partial charge < -0.3 is 5.11 Å². The molecule has 0 bridgehead atoms. The fourth-order valence-electron chi connectivity index (χ4n) is 1.75. The molecule has 1 heterocycles. The summed E-state index contributed by atoms with van der Waals surface area (Å²) in [5.74, 6) is 0.403. The number of hydrogen-bond acceptors (Lipinski definition) is 2. The molecule has 0 spiro atoms. The summed E-state index contributed by atoms with van der Waals surface area (Å²) in [6.07, 6.45) is 3.72. The normalized spacial score (nSPS) is 27.9. The van der Waals surface area contributed by atoms with Crippen LogP contribution in [0.4, 0.5) is 0 Å². The van der Waals surface area contributed by atoms with Crippen LogP contribution in [0.5, 0.6) is 0 Å². The van der Waals surface area contributed by atoms with Gasteiger partial charge in [-0.15, -0.1) is 11.8 Å². The molecule has 0 aromatic carbocycles. The maximum absolute atomic E-state index is 11.2. The molecule has 1 fully saturated rings. The maximum atomic E-state index is 11.2. The predicted molar refractivity (Wildman–Crippen MR) is 60.7 cm³/mol. The van der Waals surface area contributed by atoms with E-state index in [2.05, 4.69) is 20.8 Å². The average molecular weight is 216 g/mol. The molecule has 1 saturated heterocycles. The molecule has 0 aliphatic carbocycles. The first-order valence-electron chi connectivity index (χ1n) is 5.23. The van der Waals surface area contributed by atoms with Gasteiger partial charge in [0.2, 0.25) is 0 Å². The van der Waals surface area contributed by atoms with Gasteiger partial charge in [0.25, 0.3) is 0 Å². The van der Waals surface area contributed by atoms with Crippen LogP contribution in [-0.4, -0.2) is 21.6 Å². The van der Waals surface area contributed by atoms with Crippen molar-refractivity contribution in [3.05, 3.63) is 0 Å². The zero-order chi connectivity index (χ0) is 10.8. The number of carboxylic acids is 1. The standard InChI is InChI=1S/C11H20O2S/c1-10(2,3)6-7-11(9(12)13)5-4-8-14-11/h4-8H2,1-3H3,(H,12,13). The van der Waals surface area contributed by atoms with E-state index in [-0.39, 0.29) is 5.41 Å². The van der Waals surface area contributed by atoms with E-state index in [0.29, 0.717) is 0 Å². The Morgan fingerprint density at radius 2 is 2.14 bits per heavy atom. The van der Waals surface area contributed by atoms with E-state index < -0.39 is 10.7 Å². The Balaban J connectivity index is 2.57. The smallest absolute Gasteiger partial charge is 0.319 e. The van der Waals surface area contributed by atoms with Gasteiger partial charge in [0.15, 0.2) is 0 Å². The highest BCUT2D eigenvalue weighted by Gasteiger charge is 2.42. The van der Waals surface area contributed by atoms with E-state index >= 15 is 0 Å². The van der Waals surface area contributed by atoms with E-state index in [9.17, 15) is 9.90 Å². The SMILES string of the molecule is CC(C)(C)CCC1(C(=O)O)CCCS1. The van der Waals surface area contributed by atoms with Crippen molar-refractivity contribution >= 4 is 17.7 Å². The second-order valence-electron chi connectivity index (χ2n) is 5.31. The summed E-state index contributed by atoms with van der Waals surface area (Å²) in [5, 5.41) is 9.24. The number of thioether (sulfide) groups is 1. The van der Waals surface area contributed by atoms with Crippen LogP contribution in [0.2, 0.25) is 0 Å². The van der Waals surface area contributed by atoms with Crippen molar-refractivity contribution in [2.45, 2.75) is 51.2 Å². The summed E-state index contributed by atoms with van der Waals surface area (Å²) in [6, 6.07) is 0. The minimum absolute atomic E-state index is 0.242. The van der Waals surface area contributed by atoms with E-state index in [0.717, 1.165) is 31.4 Å². The summed E-state index contributed by atoms with van der Waals surface area (Å²) >= 11 is 1.64. The molecule has 1 rings (SSSR count). The summed E-state index contributed by atoms with van der Waals surface area (Å²) in [4.78, 5) is 11.2. The maximum Gasteiger partial charge on any atom is 0.319 e. The summed E-state index contributed by atoms with van der Waals surface area (Å²) < 4.78 is -0.465. The molecule has 3 heteroatoms. The first-order valence-corrected chi connectivity index (χ1v) is 6.22. The number of carbonyl (C=O) groups is 1. The topological polar surface area (TPSA) is 37.3 Å². The molecule has 0 amide bonds. The van der Waals surface area contributed by atoms with Gasteiger partial charge in [0.05, 0.1) is 0 Å². The molecule has 2 nitrogen and oxygen atoms in total. The van der Waals surface area contributed by atoms with Crippen LogP contribution in [0.1, 0.15) is 46.5 Å². The van der Waals surface area contributed by atoms with Gasteiger partial charge in [-0.25, -0.2) is 0 Å². The molecule has 0 radical (unpaired) electrons. The highest BCUT2D eigenvalue weighted by atomic mass is 32.2. The molecule has 1 unspecified atom stereocenters. The van der Waals surface area contributed by atoms with E-state index in [1.165, 1.54) is 0 Å². The number of carboxylic acid groups (broad SMARTS) is 1. The third kappa shape index (κ3) is 2.91. The molecule has 14 heavy (non-hydrogen) atoms. The minimum atomic E-state index is -0.607. The van der Waals surface area contributed by atoms with Crippen molar-refractivity contribution in [2.75, 3.05) is 5.75 Å². The molecular weight excluding hydrogens is 196 g/mol. The van der Waals surface area contributed by atoms with Crippen LogP contribution in [-0.2, 0) is 4.79 Å². The third-order valence-electron chi connectivity index (χ3n) is 2.77. The lowest BCUT2D eigenvalue weighted by Gasteiger charge is -2.27. The van der Waals surface area contributed by atoms with Gasteiger partial charge in [-0.2, -0.15) is 0 Å². The van der Waals surface area contributed by atoms with E-state index in [4.69, 9.17) is 0 Å². The quantitative estimate of drug-likeness (QED) is 0.787. The molecule has 82 valence electrons. The Kier molecular flexibility index (Phi) is 3.51. The molecule has 1 aliphatic rings. The van der Waals surface area contributed by atoms with Crippen LogP contribution in [0.15, 0.2) is 0 Å². The molecule has 0 saturated carbocycles. The molecular formula is C11H20O2S. The predicted octanol–water partition coefficient (Wildman–Crippen LogP) is 3.16.